The second-order valence-electron chi connectivity index (χ2n) is 4.46. The van der Waals surface area contributed by atoms with E-state index in [9.17, 15) is 0 Å². The van der Waals surface area contributed by atoms with Gasteiger partial charge >= 0.3 is 0 Å². The summed E-state index contributed by atoms with van der Waals surface area (Å²) in [6.07, 6.45) is 1.62. The molecule has 1 aromatic rings. The Morgan fingerprint density at radius 1 is 1.14 bits per heavy atom. The Labute approximate surface area is 130 Å². The molecule has 0 unspecified atom stereocenters. The molecule has 0 aromatic heterocycles. The molecule has 1 rings (SSSR count). The summed E-state index contributed by atoms with van der Waals surface area (Å²) < 4.78 is 15.8. The number of benzene rings is 1. The molecule has 116 valence electrons. The molecule has 0 atom stereocenters. The highest BCUT2D eigenvalue weighted by atomic mass is 32.1. The van der Waals surface area contributed by atoms with Gasteiger partial charge in [0.05, 0.1) is 27.5 Å². The predicted octanol–water partition coefficient (Wildman–Crippen LogP) is 1.92. The zero-order valence-electron chi connectivity index (χ0n) is 12.9. The van der Waals surface area contributed by atoms with Crippen molar-refractivity contribution in [1.29, 1.82) is 0 Å². The van der Waals surface area contributed by atoms with Gasteiger partial charge in [-0.05, 0) is 38.2 Å². The largest absolute Gasteiger partial charge is 0.493 e. The number of rotatable bonds is 6. The van der Waals surface area contributed by atoms with Crippen LogP contribution in [0.15, 0.2) is 17.2 Å². The first-order chi connectivity index (χ1) is 10.0. The molecule has 0 saturated carbocycles. The summed E-state index contributed by atoms with van der Waals surface area (Å²) in [6, 6.07) is 3.85. The van der Waals surface area contributed by atoms with Crippen LogP contribution in [-0.4, -0.2) is 38.7 Å². The lowest BCUT2D eigenvalue weighted by Gasteiger charge is -2.13. The van der Waals surface area contributed by atoms with Crippen molar-refractivity contribution in [3.05, 3.63) is 17.7 Å². The van der Waals surface area contributed by atoms with Gasteiger partial charge in [0.2, 0.25) is 5.75 Å². The van der Waals surface area contributed by atoms with Gasteiger partial charge in [0.15, 0.2) is 16.6 Å². The second kappa shape index (κ2) is 8.31. The number of ether oxygens (including phenoxy) is 3. The van der Waals surface area contributed by atoms with Gasteiger partial charge in [0.25, 0.3) is 0 Å². The van der Waals surface area contributed by atoms with Gasteiger partial charge in [-0.3, -0.25) is 5.43 Å². The van der Waals surface area contributed by atoms with Gasteiger partial charge < -0.3 is 19.5 Å². The van der Waals surface area contributed by atoms with E-state index in [4.69, 9.17) is 26.4 Å². The molecule has 0 amide bonds. The van der Waals surface area contributed by atoms with E-state index in [0.717, 1.165) is 5.56 Å². The van der Waals surface area contributed by atoms with E-state index in [1.54, 1.807) is 39.7 Å². The molecule has 21 heavy (non-hydrogen) atoms. The van der Waals surface area contributed by atoms with E-state index in [1.165, 1.54) is 0 Å². The number of thiocarbonyl (C=S) groups is 1. The fourth-order valence-corrected chi connectivity index (χ4v) is 1.92. The van der Waals surface area contributed by atoms with Crippen LogP contribution in [0.2, 0.25) is 0 Å². The molecule has 0 heterocycles. The quantitative estimate of drug-likeness (QED) is 0.475. The van der Waals surface area contributed by atoms with Crippen LogP contribution in [0.5, 0.6) is 17.2 Å². The van der Waals surface area contributed by atoms with Crippen molar-refractivity contribution >= 4 is 23.5 Å². The summed E-state index contributed by atoms with van der Waals surface area (Å²) in [5.41, 5.74) is 3.54. The van der Waals surface area contributed by atoms with E-state index >= 15 is 0 Å². The van der Waals surface area contributed by atoms with Gasteiger partial charge in [0, 0.05) is 11.6 Å². The first-order valence-electron chi connectivity index (χ1n) is 6.41. The molecule has 7 heteroatoms. The standard InChI is InChI=1S/C14H21N3O3S/c1-9(2)16-14(21)17-15-8-10-6-11(18-3)13(20-5)12(7-10)19-4/h6-9H,1-5H3,(H2,16,17,21)/b15-8-. The number of nitrogens with zero attached hydrogens (tertiary/aromatic N) is 1. The highest BCUT2D eigenvalue weighted by Crippen LogP contribution is 2.37. The van der Waals surface area contributed by atoms with Crippen molar-refractivity contribution in [1.82, 2.24) is 10.7 Å². The number of hydrazone groups is 1. The zero-order chi connectivity index (χ0) is 15.8. The third kappa shape index (κ3) is 5.11. The molecular formula is C14H21N3O3S. The molecule has 2 N–H and O–H groups in total. The van der Waals surface area contributed by atoms with Crippen molar-refractivity contribution in [2.75, 3.05) is 21.3 Å². The van der Waals surface area contributed by atoms with Crippen LogP contribution in [0, 0.1) is 0 Å². The maximum atomic E-state index is 5.27. The lowest BCUT2D eigenvalue weighted by Crippen LogP contribution is -2.36. The Morgan fingerprint density at radius 2 is 1.71 bits per heavy atom. The summed E-state index contributed by atoms with van der Waals surface area (Å²) >= 11 is 5.08. The smallest absolute Gasteiger partial charge is 0.203 e. The minimum absolute atomic E-state index is 0.251. The minimum Gasteiger partial charge on any atom is -0.493 e. The second-order valence-corrected chi connectivity index (χ2v) is 4.87. The van der Waals surface area contributed by atoms with Gasteiger partial charge in [0.1, 0.15) is 0 Å². The third-order valence-electron chi connectivity index (χ3n) is 2.49. The Hall–Kier alpha value is -2.02. The molecule has 0 aliphatic carbocycles. The van der Waals surface area contributed by atoms with Crippen LogP contribution < -0.4 is 25.0 Å². The summed E-state index contributed by atoms with van der Waals surface area (Å²) in [7, 11) is 4.70. The normalized spacial score (nSPS) is 10.6. The number of hydrogen-bond donors (Lipinski definition) is 2. The maximum absolute atomic E-state index is 5.27. The molecule has 0 saturated heterocycles. The van der Waals surface area contributed by atoms with Crippen molar-refractivity contribution in [2.45, 2.75) is 19.9 Å². The van der Waals surface area contributed by atoms with Crippen LogP contribution in [-0.2, 0) is 0 Å². The first-order valence-corrected chi connectivity index (χ1v) is 6.82. The van der Waals surface area contributed by atoms with E-state index in [-0.39, 0.29) is 6.04 Å². The lowest BCUT2D eigenvalue weighted by molar-refractivity contribution is 0.324. The average molecular weight is 311 g/mol. The van der Waals surface area contributed by atoms with E-state index in [0.29, 0.717) is 22.4 Å². The monoisotopic (exact) mass is 311 g/mol. The van der Waals surface area contributed by atoms with Crippen LogP contribution >= 0.6 is 12.2 Å². The molecule has 6 nitrogen and oxygen atoms in total. The molecule has 0 spiro atoms. The van der Waals surface area contributed by atoms with Gasteiger partial charge in [-0.1, -0.05) is 0 Å². The lowest BCUT2D eigenvalue weighted by atomic mass is 10.2. The summed E-state index contributed by atoms with van der Waals surface area (Å²) in [5, 5.41) is 7.57. The Bertz CT molecular complexity index is 493. The SMILES string of the molecule is COc1cc(/C=N\NC(=S)NC(C)C)cc(OC)c1OC. The molecule has 0 aliphatic rings. The van der Waals surface area contributed by atoms with Gasteiger partial charge in [-0.15, -0.1) is 0 Å². The molecule has 1 aromatic carbocycles. The topological polar surface area (TPSA) is 64.1 Å². The van der Waals surface area contributed by atoms with Gasteiger partial charge in [-0.25, -0.2) is 0 Å². The van der Waals surface area contributed by atoms with E-state index in [1.807, 2.05) is 13.8 Å². The average Bonchev–Trinajstić information content (AvgIpc) is 2.45. The molecule has 0 fully saturated rings. The first kappa shape index (κ1) is 17.0. The summed E-state index contributed by atoms with van der Waals surface area (Å²) in [6.45, 7) is 3.99. The van der Waals surface area contributed by atoms with Crippen LogP contribution in [0.1, 0.15) is 19.4 Å². The fraction of sp³-hybridized carbons (Fsp3) is 0.429. The molecular weight excluding hydrogens is 290 g/mol. The molecule has 0 radical (unpaired) electrons. The Kier molecular flexibility index (Phi) is 6.74. The summed E-state index contributed by atoms with van der Waals surface area (Å²) in [5.74, 6) is 1.68. The number of hydrogen-bond acceptors (Lipinski definition) is 5. The van der Waals surface area contributed by atoms with Crippen molar-refractivity contribution < 1.29 is 14.2 Å². The predicted molar refractivity (Wildman–Crippen MR) is 87.7 cm³/mol. The maximum Gasteiger partial charge on any atom is 0.203 e. The zero-order valence-corrected chi connectivity index (χ0v) is 13.7. The molecule has 0 bridgehead atoms. The van der Waals surface area contributed by atoms with Crippen LogP contribution in [0.3, 0.4) is 0 Å². The Balaban J connectivity index is 2.86. The van der Waals surface area contributed by atoms with Crippen LogP contribution in [0.25, 0.3) is 0 Å². The van der Waals surface area contributed by atoms with Crippen molar-refractivity contribution in [2.24, 2.45) is 5.10 Å². The Morgan fingerprint density at radius 3 is 2.14 bits per heavy atom. The van der Waals surface area contributed by atoms with Crippen molar-refractivity contribution in [3.8, 4) is 17.2 Å². The number of methoxy groups -OCH3 is 3. The van der Waals surface area contributed by atoms with E-state index < -0.39 is 0 Å². The summed E-state index contributed by atoms with van der Waals surface area (Å²) in [4.78, 5) is 0. The molecule has 0 aliphatic heterocycles. The van der Waals surface area contributed by atoms with E-state index in [2.05, 4.69) is 15.8 Å². The third-order valence-corrected chi connectivity index (χ3v) is 2.70. The highest BCUT2D eigenvalue weighted by Gasteiger charge is 2.12. The van der Waals surface area contributed by atoms with Crippen molar-refractivity contribution in [3.63, 3.8) is 0 Å². The van der Waals surface area contributed by atoms with Crippen LogP contribution in [0.4, 0.5) is 0 Å². The fourth-order valence-electron chi connectivity index (χ4n) is 1.64. The van der Waals surface area contributed by atoms with Gasteiger partial charge in [-0.2, -0.15) is 5.10 Å². The number of nitrogens with one attached hydrogen (secondary N) is 2. The highest BCUT2D eigenvalue weighted by molar-refractivity contribution is 7.80. The minimum atomic E-state index is 0.251.